The molecule has 0 radical (unpaired) electrons. The van der Waals surface area contributed by atoms with Crippen LogP contribution in [0.4, 0.5) is 0 Å². The van der Waals surface area contributed by atoms with Crippen LogP contribution >= 0.6 is 0 Å². The second-order valence-corrected chi connectivity index (χ2v) is 2.33. The molecule has 0 N–H and O–H groups in total. The predicted octanol–water partition coefficient (Wildman–Crippen LogP) is 1.79. The molecule has 1 rings (SSSR count). The first kappa shape index (κ1) is 7.63. The van der Waals surface area contributed by atoms with E-state index in [0.29, 0.717) is 0 Å². The van der Waals surface area contributed by atoms with Gasteiger partial charge in [0, 0.05) is 18.2 Å². The molecule has 0 spiro atoms. The van der Waals surface area contributed by atoms with E-state index in [1.807, 2.05) is 20.2 Å². The number of aryl methyl sites for hydroxylation is 1. The van der Waals surface area contributed by atoms with Gasteiger partial charge < -0.3 is 0 Å². The van der Waals surface area contributed by atoms with E-state index in [1.54, 1.807) is 10.9 Å². The molecule has 0 saturated carbocycles. The first-order valence-electron chi connectivity index (χ1n) is 3.27. The molecule has 0 unspecified atom stereocenters. The molecule has 0 amide bonds. The minimum absolute atomic E-state index is 0.131. The maximum Gasteiger partial charge on any atom is 0.0627 e. The van der Waals surface area contributed by atoms with Crippen molar-refractivity contribution in [3.63, 3.8) is 0 Å². The summed E-state index contributed by atoms with van der Waals surface area (Å²) in [5.41, 5.74) is 9.07. The molecular weight excluding hydrogens is 142 g/mol. The van der Waals surface area contributed by atoms with E-state index >= 15 is 0 Å². The number of nitrogens with zero attached hydrogens (tertiary/aromatic N) is 5. The van der Waals surface area contributed by atoms with E-state index in [9.17, 15) is 0 Å². The highest BCUT2D eigenvalue weighted by atomic mass is 15.2. The van der Waals surface area contributed by atoms with Gasteiger partial charge >= 0.3 is 0 Å². The van der Waals surface area contributed by atoms with Crippen molar-refractivity contribution in [2.75, 3.05) is 0 Å². The lowest BCUT2D eigenvalue weighted by atomic mass is 10.2. The summed E-state index contributed by atoms with van der Waals surface area (Å²) < 4.78 is 1.68. The van der Waals surface area contributed by atoms with Crippen molar-refractivity contribution < 1.29 is 0 Å². The van der Waals surface area contributed by atoms with Crippen molar-refractivity contribution in [3.8, 4) is 0 Å². The van der Waals surface area contributed by atoms with Crippen LogP contribution in [0.2, 0.25) is 0 Å². The monoisotopic (exact) mass is 151 g/mol. The van der Waals surface area contributed by atoms with Crippen LogP contribution in [0.5, 0.6) is 0 Å². The Balaban J connectivity index is 2.84. The Hall–Kier alpha value is -1.48. The number of rotatable bonds is 2. The van der Waals surface area contributed by atoms with Gasteiger partial charge in [0.25, 0.3) is 0 Å². The fourth-order valence-electron chi connectivity index (χ4n) is 0.800. The molecule has 1 aromatic rings. The van der Waals surface area contributed by atoms with E-state index in [0.717, 1.165) is 5.56 Å². The number of azide groups is 1. The van der Waals surface area contributed by atoms with Crippen molar-refractivity contribution in [1.29, 1.82) is 0 Å². The van der Waals surface area contributed by atoms with Gasteiger partial charge in [-0.15, -0.1) is 0 Å². The van der Waals surface area contributed by atoms with Crippen LogP contribution in [0.15, 0.2) is 17.5 Å². The Kier molecular flexibility index (Phi) is 2.13. The smallest absolute Gasteiger partial charge is 0.0627 e. The highest BCUT2D eigenvalue weighted by molar-refractivity contribution is 5.08. The van der Waals surface area contributed by atoms with Crippen LogP contribution < -0.4 is 0 Å². The molecule has 0 aromatic carbocycles. The lowest BCUT2D eigenvalue weighted by molar-refractivity contribution is 0.761. The Labute approximate surface area is 64.3 Å². The van der Waals surface area contributed by atoms with Gasteiger partial charge in [-0.05, 0) is 11.1 Å². The first-order valence-corrected chi connectivity index (χ1v) is 3.27. The van der Waals surface area contributed by atoms with Crippen molar-refractivity contribution in [3.05, 3.63) is 28.4 Å². The summed E-state index contributed by atoms with van der Waals surface area (Å²) in [6.07, 6.45) is 3.53. The van der Waals surface area contributed by atoms with Crippen LogP contribution in [0.25, 0.3) is 10.4 Å². The highest BCUT2D eigenvalue weighted by Gasteiger charge is 2.03. The number of hydrogen-bond donors (Lipinski definition) is 0. The van der Waals surface area contributed by atoms with Gasteiger partial charge in [-0.3, -0.25) is 4.68 Å². The average Bonchev–Trinajstić information content (AvgIpc) is 2.36. The van der Waals surface area contributed by atoms with Crippen molar-refractivity contribution in [2.45, 2.75) is 13.0 Å². The summed E-state index contributed by atoms with van der Waals surface area (Å²) in [5.74, 6) is 0. The molecule has 0 bridgehead atoms. The predicted molar refractivity (Wildman–Crippen MR) is 40.8 cm³/mol. The lowest BCUT2D eigenvalue weighted by Crippen LogP contribution is -1.86. The second kappa shape index (κ2) is 3.07. The molecule has 0 fully saturated rings. The summed E-state index contributed by atoms with van der Waals surface area (Å²) in [6, 6.07) is -0.131. The maximum absolute atomic E-state index is 8.14. The van der Waals surface area contributed by atoms with Crippen LogP contribution in [0, 0.1) is 0 Å². The largest absolute Gasteiger partial charge is 0.276 e. The SMILES string of the molecule is C[C@@H](N=[N+]=[N-])c1cnn(C)c1. The number of hydrogen-bond acceptors (Lipinski definition) is 2. The zero-order valence-electron chi connectivity index (χ0n) is 6.47. The molecule has 11 heavy (non-hydrogen) atoms. The number of aromatic nitrogens is 2. The van der Waals surface area contributed by atoms with Gasteiger partial charge in [-0.25, -0.2) is 0 Å². The van der Waals surface area contributed by atoms with E-state index in [-0.39, 0.29) is 6.04 Å². The van der Waals surface area contributed by atoms with Gasteiger partial charge in [-0.2, -0.15) is 5.10 Å². The van der Waals surface area contributed by atoms with E-state index in [2.05, 4.69) is 15.1 Å². The van der Waals surface area contributed by atoms with Gasteiger partial charge in [-0.1, -0.05) is 12.0 Å². The molecule has 0 saturated heterocycles. The molecule has 5 heteroatoms. The third-order valence-corrected chi connectivity index (χ3v) is 1.43. The molecular formula is C6H9N5. The van der Waals surface area contributed by atoms with Crippen LogP contribution in [0.3, 0.4) is 0 Å². The fourth-order valence-corrected chi connectivity index (χ4v) is 0.800. The summed E-state index contributed by atoms with van der Waals surface area (Å²) in [4.78, 5) is 2.71. The molecule has 1 aromatic heterocycles. The molecule has 58 valence electrons. The van der Waals surface area contributed by atoms with Crippen LogP contribution in [-0.2, 0) is 7.05 Å². The molecule has 5 nitrogen and oxygen atoms in total. The maximum atomic E-state index is 8.14. The first-order chi connectivity index (χ1) is 5.24. The minimum Gasteiger partial charge on any atom is -0.276 e. The van der Waals surface area contributed by atoms with Gasteiger partial charge in [0.1, 0.15) is 0 Å². The Bertz CT molecular complexity index is 283. The second-order valence-electron chi connectivity index (χ2n) is 2.33. The normalized spacial score (nSPS) is 12.2. The molecule has 0 aliphatic rings. The Morgan fingerprint density at radius 1 is 1.82 bits per heavy atom. The standard InChI is InChI=1S/C6H9N5/c1-5(9-10-7)6-3-8-11(2)4-6/h3-5H,1-2H3/t5-/m1/s1. The summed E-state index contributed by atoms with van der Waals surface area (Å²) in [6.45, 7) is 1.83. The zero-order chi connectivity index (χ0) is 8.27. The molecule has 1 heterocycles. The molecule has 0 aliphatic carbocycles. The van der Waals surface area contributed by atoms with Crippen LogP contribution in [-0.4, -0.2) is 9.78 Å². The van der Waals surface area contributed by atoms with E-state index in [4.69, 9.17) is 5.53 Å². The van der Waals surface area contributed by atoms with Crippen molar-refractivity contribution in [2.24, 2.45) is 12.2 Å². The average molecular weight is 151 g/mol. The van der Waals surface area contributed by atoms with Gasteiger partial charge in [0.05, 0.1) is 12.2 Å². The third kappa shape index (κ3) is 1.72. The van der Waals surface area contributed by atoms with Crippen LogP contribution in [0.1, 0.15) is 18.5 Å². The summed E-state index contributed by atoms with van der Waals surface area (Å²) in [5, 5.41) is 7.49. The fraction of sp³-hybridized carbons (Fsp3) is 0.500. The quantitative estimate of drug-likeness (QED) is 0.361. The van der Waals surface area contributed by atoms with Gasteiger partial charge in [0.2, 0.25) is 0 Å². The van der Waals surface area contributed by atoms with E-state index < -0.39 is 0 Å². The third-order valence-electron chi connectivity index (χ3n) is 1.43. The topological polar surface area (TPSA) is 66.6 Å². The summed E-state index contributed by atoms with van der Waals surface area (Å²) >= 11 is 0. The molecule has 0 aliphatic heterocycles. The lowest BCUT2D eigenvalue weighted by Gasteiger charge is -1.96. The van der Waals surface area contributed by atoms with Crippen molar-refractivity contribution >= 4 is 0 Å². The van der Waals surface area contributed by atoms with Gasteiger partial charge in [0.15, 0.2) is 0 Å². The minimum atomic E-state index is -0.131. The summed E-state index contributed by atoms with van der Waals surface area (Å²) in [7, 11) is 1.83. The molecule has 1 atom stereocenters. The Morgan fingerprint density at radius 3 is 3.00 bits per heavy atom. The van der Waals surface area contributed by atoms with Crippen molar-refractivity contribution in [1.82, 2.24) is 9.78 Å². The Morgan fingerprint density at radius 2 is 2.55 bits per heavy atom. The highest BCUT2D eigenvalue weighted by Crippen LogP contribution is 2.14. The zero-order valence-corrected chi connectivity index (χ0v) is 6.47. The van der Waals surface area contributed by atoms with E-state index in [1.165, 1.54) is 0 Å².